The number of Topliss-reactive ketones (excluding diaryl/α,β-unsaturated/α-hetero) is 1. The van der Waals surface area contributed by atoms with Crippen LogP contribution in [0, 0.1) is 41.4 Å². The molecule has 3 N–H and O–H groups in total. The number of hydrogen-bond acceptors (Lipinski definition) is 21. The number of alkyl halides is 3. The molecule has 22 nitrogen and oxygen atoms in total. The van der Waals surface area contributed by atoms with Gasteiger partial charge in [0, 0.05) is 70.0 Å². The maximum Gasteiger partial charge on any atom is 0.417 e. The first kappa shape index (κ1) is 69.6. The zero-order chi connectivity index (χ0) is 62.0. The summed E-state index contributed by atoms with van der Waals surface area (Å²) in [6.45, 7) is 22.5. The average molecular weight is 1190 g/mol. The van der Waals surface area contributed by atoms with E-state index in [1.807, 2.05) is 34.7 Å². The predicted molar refractivity (Wildman–Crippen MR) is 293 cm³/mol. The van der Waals surface area contributed by atoms with Crippen LogP contribution >= 0.6 is 0 Å². The van der Waals surface area contributed by atoms with Crippen molar-refractivity contribution in [3.8, 4) is 0 Å². The maximum atomic E-state index is 15.8. The molecule has 0 spiro atoms. The van der Waals surface area contributed by atoms with Crippen LogP contribution < -0.4 is 5.32 Å². The van der Waals surface area contributed by atoms with Gasteiger partial charge in [0.2, 0.25) is 0 Å². The predicted octanol–water partition coefficient (Wildman–Crippen LogP) is 6.62. The molecule has 0 bridgehead atoms. The van der Waals surface area contributed by atoms with E-state index in [0.29, 0.717) is 19.2 Å². The van der Waals surface area contributed by atoms with E-state index in [4.69, 9.17) is 56.9 Å². The van der Waals surface area contributed by atoms with E-state index in [0.717, 1.165) is 12.1 Å². The standard InChI is InChI=1S/C58H93F3N4O18/c1-28(2)20-42(66)79-48-35(9)47(30(4)27-75-55-51(73-16)50(72-15)44(67)38(12)78-55)81-53(70)37(11)49(80-43-21-31(5)65(14)26-33(7)76-43)34(8)46(82-54-45(68)41(64-74-17)22-32(6)77-54)29(3)23-57(13,52(69)36(48)10)83-56(71)63-25-40-19-18-39(24-62-40)58(59,60)61/h18-19,24,28-38,43-51,54-55,67-68H,20-23,25-27H2,1-17H3,(H,63,71)/b64-41+/t29-,30-,31?,32+,33-,34+,35-,36+,37+,38+,43-,44+,45+,46-,47+,48+,49-,50+,51+,54-,55+,57-/m0/s1. The van der Waals surface area contributed by atoms with E-state index in [-0.39, 0.29) is 55.3 Å². The fourth-order valence-electron chi connectivity index (χ4n) is 11.9. The molecule has 1 amide bonds. The number of ether oxygens (including phenoxy) is 11. The van der Waals surface area contributed by atoms with Crippen LogP contribution in [0.2, 0.25) is 0 Å². The molecule has 5 heterocycles. The Labute approximate surface area is 486 Å². The van der Waals surface area contributed by atoms with E-state index in [2.05, 4.69) is 20.4 Å². The van der Waals surface area contributed by atoms with Crippen molar-refractivity contribution in [2.45, 2.75) is 226 Å². The third-order valence-electron chi connectivity index (χ3n) is 16.5. The lowest BCUT2D eigenvalue weighted by Gasteiger charge is -2.45. The smallest absolute Gasteiger partial charge is 0.417 e. The van der Waals surface area contributed by atoms with E-state index in [1.54, 1.807) is 48.5 Å². The Kier molecular flexibility index (Phi) is 25.6. The summed E-state index contributed by atoms with van der Waals surface area (Å²) in [6.07, 6.45) is -19.1. The molecule has 0 radical (unpaired) electrons. The molecule has 1 aromatic heterocycles. The number of esters is 2. The monoisotopic (exact) mass is 1190 g/mol. The van der Waals surface area contributed by atoms with Crippen molar-refractivity contribution >= 4 is 29.5 Å². The van der Waals surface area contributed by atoms with Crippen LogP contribution in [0.4, 0.5) is 18.0 Å². The molecular weight excluding hydrogens is 1100 g/mol. The third kappa shape index (κ3) is 18.2. The second-order valence-electron chi connectivity index (χ2n) is 24.0. The lowest BCUT2D eigenvalue weighted by Crippen LogP contribution is -2.59. The highest BCUT2D eigenvalue weighted by Gasteiger charge is 2.53. The van der Waals surface area contributed by atoms with E-state index in [9.17, 15) is 33.0 Å². The number of rotatable bonds is 17. The minimum Gasteiger partial charge on any atom is -0.461 e. The number of hydrogen-bond donors (Lipinski definition) is 3. The van der Waals surface area contributed by atoms with Crippen LogP contribution in [0.3, 0.4) is 0 Å². The fourth-order valence-corrected chi connectivity index (χ4v) is 11.9. The summed E-state index contributed by atoms with van der Waals surface area (Å²) < 4.78 is 110. The van der Waals surface area contributed by atoms with Gasteiger partial charge in [-0.05, 0) is 79.0 Å². The Balaban J connectivity index is 1.70. The van der Waals surface area contributed by atoms with Gasteiger partial charge in [0.05, 0.1) is 72.5 Å². The lowest BCUT2D eigenvalue weighted by atomic mass is 9.74. The molecule has 474 valence electrons. The number of aromatic nitrogens is 1. The van der Waals surface area contributed by atoms with Crippen molar-refractivity contribution in [3.05, 3.63) is 29.6 Å². The highest BCUT2D eigenvalue weighted by molar-refractivity contribution is 5.91. The molecule has 25 heteroatoms. The summed E-state index contributed by atoms with van der Waals surface area (Å²) in [7, 11) is 6.16. The Morgan fingerprint density at radius 2 is 1.54 bits per heavy atom. The topological polar surface area (TPSA) is 260 Å². The van der Waals surface area contributed by atoms with E-state index < -0.39 is 163 Å². The molecule has 22 atom stereocenters. The number of likely N-dealkylation sites (N-methyl/N-ethyl adjacent to an activating group) is 1. The third-order valence-corrected chi connectivity index (χ3v) is 16.5. The van der Waals surface area contributed by atoms with Crippen molar-refractivity contribution in [2.75, 3.05) is 41.5 Å². The molecule has 1 unspecified atom stereocenters. The minimum absolute atomic E-state index is 0.0394. The van der Waals surface area contributed by atoms with Crippen LogP contribution in [-0.2, 0) is 84.0 Å². The molecule has 4 aliphatic heterocycles. The number of oxime groups is 1. The van der Waals surface area contributed by atoms with Gasteiger partial charge in [0.1, 0.15) is 43.7 Å². The van der Waals surface area contributed by atoms with Crippen LogP contribution in [0.25, 0.3) is 0 Å². The summed E-state index contributed by atoms with van der Waals surface area (Å²) >= 11 is 0. The minimum atomic E-state index is -4.66. The molecule has 0 saturated carbocycles. The Bertz CT molecular complexity index is 2290. The van der Waals surface area contributed by atoms with E-state index >= 15 is 9.59 Å². The first-order chi connectivity index (χ1) is 38.8. The fraction of sp³-hybridized carbons (Fsp3) is 0.828. The van der Waals surface area contributed by atoms with Crippen molar-refractivity contribution in [1.82, 2.24) is 15.2 Å². The van der Waals surface area contributed by atoms with Gasteiger partial charge in [-0.2, -0.15) is 13.2 Å². The first-order valence-electron chi connectivity index (χ1n) is 28.9. The largest absolute Gasteiger partial charge is 0.461 e. The zero-order valence-electron chi connectivity index (χ0n) is 51.3. The number of alkyl carbamates (subject to hydrolysis) is 1. The van der Waals surface area contributed by atoms with Gasteiger partial charge < -0.3 is 77.4 Å². The molecule has 4 aliphatic rings. The van der Waals surface area contributed by atoms with Crippen molar-refractivity contribution < 1.29 is 99.5 Å². The van der Waals surface area contributed by atoms with Crippen LogP contribution in [-0.4, -0.2) is 189 Å². The Morgan fingerprint density at radius 3 is 2.14 bits per heavy atom. The van der Waals surface area contributed by atoms with Gasteiger partial charge in [0.15, 0.2) is 30.3 Å². The number of methoxy groups -OCH3 is 2. The molecule has 4 fully saturated rings. The number of aliphatic hydroxyl groups excluding tert-OH is 2. The number of ketones is 1. The van der Waals surface area contributed by atoms with Crippen molar-refractivity contribution in [2.24, 2.45) is 46.6 Å². The number of nitrogens with one attached hydrogen (secondary N) is 1. The maximum absolute atomic E-state index is 15.8. The van der Waals surface area contributed by atoms with Crippen LogP contribution in [0.1, 0.15) is 127 Å². The number of amides is 1. The highest BCUT2D eigenvalue weighted by Crippen LogP contribution is 2.41. The van der Waals surface area contributed by atoms with Crippen LogP contribution in [0.15, 0.2) is 23.5 Å². The number of halogens is 3. The second kappa shape index (κ2) is 30.5. The molecule has 4 saturated heterocycles. The van der Waals surface area contributed by atoms with Gasteiger partial charge in [-0.15, -0.1) is 0 Å². The Hall–Kier alpha value is -4.15. The SMILES string of the molecule is CO/N=C1\C[C@@H](C)O[C@@H](O[C@@H]2[C@@H](C)[C@H](O[C@H]3CC(C)N(C)C[C@H](C)O3)[C@@H](C)C(=O)O[C@H]([C@@H](C)CO[C@@H]3O[C@H](C)[C@@H](O)[C@@H](OC)[C@H]3OC)[C@H](C)[C@@H](OC(=O)CC(C)C)[C@@H](C)C(=O)[C@@](C)(OC(=O)NCc3ccc(C(F)(F)F)cn3)C[C@@H]2C)[C@@H]1O. The van der Waals surface area contributed by atoms with Gasteiger partial charge in [-0.1, -0.05) is 53.6 Å². The molecule has 1 aromatic rings. The summed E-state index contributed by atoms with van der Waals surface area (Å²) in [5.74, 6) is -8.30. The normalized spacial score (nSPS) is 38.4. The van der Waals surface area contributed by atoms with Crippen molar-refractivity contribution in [3.63, 3.8) is 0 Å². The molecule has 83 heavy (non-hydrogen) atoms. The second-order valence-corrected chi connectivity index (χ2v) is 24.0. The molecule has 5 rings (SSSR count). The summed E-state index contributed by atoms with van der Waals surface area (Å²) in [4.78, 5) is 70.6. The summed E-state index contributed by atoms with van der Waals surface area (Å²) in [5.41, 5.74) is -2.85. The number of carbonyl (C=O) groups excluding carboxylic acids is 4. The molecule has 0 aliphatic carbocycles. The van der Waals surface area contributed by atoms with Gasteiger partial charge in [-0.3, -0.25) is 19.4 Å². The number of pyridine rings is 1. The lowest BCUT2D eigenvalue weighted by molar-refractivity contribution is -0.305. The van der Waals surface area contributed by atoms with Gasteiger partial charge >= 0.3 is 24.2 Å². The number of cyclic esters (lactones) is 1. The zero-order valence-corrected chi connectivity index (χ0v) is 51.3. The average Bonchev–Trinajstić information content (AvgIpc) is 2.97. The van der Waals surface area contributed by atoms with E-state index in [1.165, 1.54) is 35.2 Å². The number of aliphatic hydroxyl groups is 2. The van der Waals surface area contributed by atoms with Crippen molar-refractivity contribution in [1.29, 1.82) is 0 Å². The first-order valence-corrected chi connectivity index (χ1v) is 28.9. The van der Waals surface area contributed by atoms with Gasteiger partial charge in [-0.25, -0.2) is 4.79 Å². The summed E-state index contributed by atoms with van der Waals surface area (Å²) in [6, 6.07) is 1.88. The van der Waals surface area contributed by atoms with Crippen LogP contribution in [0.5, 0.6) is 0 Å². The van der Waals surface area contributed by atoms with Gasteiger partial charge in [0.25, 0.3) is 0 Å². The highest BCUT2D eigenvalue weighted by atomic mass is 19.4. The summed E-state index contributed by atoms with van der Waals surface area (Å²) in [5, 5.41) is 29.3. The number of nitrogens with zero attached hydrogens (tertiary/aromatic N) is 3. The number of carbonyl (C=O) groups is 4. The Morgan fingerprint density at radius 1 is 0.867 bits per heavy atom. The quantitative estimate of drug-likeness (QED) is 0.0841. The molecule has 0 aromatic carbocycles. The molecular formula is C58H93F3N4O18.